The van der Waals surface area contributed by atoms with Crippen LogP contribution in [0.3, 0.4) is 0 Å². The Hall–Kier alpha value is -2.31. The summed E-state index contributed by atoms with van der Waals surface area (Å²) in [6, 6.07) is 15.5. The molecule has 126 valence electrons. The van der Waals surface area contributed by atoms with E-state index in [4.69, 9.17) is 9.47 Å². The summed E-state index contributed by atoms with van der Waals surface area (Å²) in [7, 11) is 0. The molecule has 25 heavy (non-hydrogen) atoms. The number of fused-ring (bicyclic) bond motifs is 1. The summed E-state index contributed by atoms with van der Waals surface area (Å²) < 4.78 is 11.9. The second kappa shape index (κ2) is 6.90. The van der Waals surface area contributed by atoms with Crippen molar-refractivity contribution in [3.05, 3.63) is 63.3 Å². The van der Waals surface area contributed by atoms with Gasteiger partial charge in [-0.05, 0) is 32.9 Å². The van der Waals surface area contributed by atoms with E-state index >= 15 is 0 Å². The minimum absolute atomic E-state index is 0.147. The summed E-state index contributed by atoms with van der Waals surface area (Å²) in [4.78, 5) is 13.5. The highest BCUT2D eigenvalue weighted by Crippen LogP contribution is 2.38. The molecule has 1 aliphatic heterocycles. The molecule has 2 aromatic carbocycles. The molecule has 6 heteroatoms. The molecule has 4 nitrogen and oxygen atoms in total. The molecule has 1 amide bonds. The molecule has 0 fully saturated rings. The molecule has 2 heterocycles. The molecule has 1 N–H and O–H groups in total. The first-order chi connectivity index (χ1) is 12.2. The first kappa shape index (κ1) is 16.2. The minimum atomic E-state index is -0.147. The average molecular weight is 416 g/mol. The van der Waals surface area contributed by atoms with Gasteiger partial charge in [-0.1, -0.05) is 30.3 Å². The molecule has 1 aliphatic rings. The highest BCUT2D eigenvalue weighted by Gasteiger charge is 2.19. The van der Waals surface area contributed by atoms with Crippen molar-refractivity contribution in [1.82, 2.24) is 0 Å². The number of hydrogen-bond donors (Lipinski definition) is 1. The lowest BCUT2D eigenvalue weighted by Crippen LogP contribution is -2.16. The van der Waals surface area contributed by atoms with E-state index in [0.717, 1.165) is 15.6 Å². The van der Waals surface area contributed by atoms with Gasteiger partial charge in [-0.25, -0.2) is 0 Å². The third-order valence-electron chi connectivity index (χ3n) is 3.84. The summed E-state index contributed by atoms with van der Waals surface area (Å²) in [5, 5.41) is 4.89. The molecule has 3 aromatic rings. The Morgan fingerprint density at radius 2 is 1.76 bits per heavy atom. The van der Waals surface area contributed by atoms with Crippen LogP contribution in [0.2, 0.25) is 0 Å². The SMILES string of the molecule is O=C(Nc1cc2c(cc1Br)OCCO2)c1sccc1-c1ccccc1. The molecule has 0 bridgehead atoms. The van der Waals surface area contributed by atoms with Gasteiger partial charge in [0.15, 0.2) is 11.5 Å². The summed E-state index contributed by atoms with van der Waals surface area (Å²) in [6.45, 7) is 1.03. The Morgan fingerprint density at radius 3 is 2.52 bits per heavy atom. The Balaban J connectivity index is 1.63. The molecule has 0 unspecified atom stereocenters. The number of benzene rings is 2. The lowest BCUT2D eigenvalue weighted by Gasteiger charge is -2.20. The fourth-order valence-electron chi connectivity index (χ4n) is 2.67. The van der Waals surface area contributed by atoms with E-state index < -0.39 is 0 Å². The predicted octanol–water partition coefficient (Wildman–Crippen LogP) is 5.20. The zero-order valence-electron chi connectivity index (χ0n) is 13.1. The van der Waals surface area contributed by atoms with Gasteiger partial charge in [-0.3, -0.25) is 4.79 Å². The number of rotatable bonds is 3. The van der Waals surface area contributed by atoms with Crippen molar-refractivity contribution in [2.24, 2.45) is 0 Å². The van der Waals surface area contributed by atoms with Gasteiger partial charge in [0.05, 0.1) is 10.6 Å². The number of hydrogen-bond acceptors (Lipinski definition) is 4. The van der Waals surface area contributed by atoms with Crippen LogP contribution in [0.15, 0.2) is 58.4 Å². The average Bonchev–Trinajstić information content (AvgIpc) is 3.13. The van der Waals surface area contributed by atoms with Crippen molar-refractivity contribution in [1.29, 1.82) is 0 Å². The zero-order chi connectivity index (χ0) is 17.2. The van der Waals surface area contributed by atoms with E-state index in [0.29, 0.717) is 35.3 Å². The number of thiophene rings is 1. The fourth-order valence-corrected chi connectivity index (χ4v) is 3.90. The van der Waals surface area contributed by atoms with Gasteiger partial charge in [0.2, 0.25) is 0 Å². The monoisotopic (exact) mass is 415 g/mol. The third kappa shape index (κ3) is 3.27. The molecule has 0 radical (unpaired) electrons. The van der Waals surface area contributed by atoms with Gasteiger partial charge >= 0.3 is 0 Å². The highest BCUT2D eigenvalue weighted by atomic mass is 79.9. The number of nitrogens with one attached hydrogen (secondary N) is 1. The van der Waals surface area contributed by atoms with Gasteiger partial charge in [0, 0.05) is 22.2 Å². The van der Waals surface area contributed by atoms with Crippen LogP contribution in [0, 0.1) is 0 Å². The molecule has 0 saturated carbocycles. The second-order valence-corrected chi connectivity index (χ2v) is 7.23. The van der Waals surface area contributed by atoms with Crippen molar-refractivity contribution >= 4 is 38.9 Å². The quantitative estimate of drug-likeness (QED) is 0.639. The number of amides is 1. The Morgan fingerprint density at radius 1 is 1.04 bits per heavy atom. The second-order valence-electron chi connectivity index (χ2n) is 5.46. The van der Waals surface area contributed by atoms with Gasteiger partial charge < -0.3 is 14.8 Å². The first-order valence-corrected chi connectivity index (χ1v) is 9.43. The van der Waals surface area contributed by atoms with Crippen LogP contribution in [0.1, 0.15) is 9.67 Å². The van der Waals surface area contributed by atoms with Gasteiger partial charge in [0.1, 0.15) is 13.2 Å². The Labute approximate surface area is 157 Å². The molecule has 1 aromatic heterocycles. The van der Waals surface area contributed by atoms with Crippen LogP contribution in [-0.4, -0.2) is 19.1 Å². The molecular formula is C19H14BrNO3S. The van der Waals surface area contributed by atoms with Crippen molar-refractivity contribution in [2.45, 2.75) is 0 Å². The number of ether oxygens (including phenoxy) is 2. The largest absolute Gasteiger partial charge is 0.486 e. The number of anilines is 1. The molecular weight excluding hydrogens is 402 g/mol. The van der Waals surface area contributed by atoms with Crippen LogP contribution in [0.5, 0.6) is 11.5 Å². The summed E-state index contributed by atoms with van der Waals surface area (Å²) in [5.41, 5.74) is 2.61. The zero-order valence-corrected chi connectivity index (χ0v) is 15.5. The molecule has 0 spiro atoms. The van der Waals surface area contributed by atoms with E-state index in [-0.39, 0.29) is 5.91 Å². The number of carbonyl (C=O) groups is 1. The van der Waals surface area contributed by atoms with Crippen molar-refractivity contribution in [3.8, 4) is 22.6 Å². The van der Waals surface area contributed by atoms with Crippen LogP contribution < -0.4 is 14.8 Å². The maximum absolute atomic E-state index is 12.8. The lowest BCUT2D eigenvalue weighted by molar-refractivity contribution is 0.103. The third-order valence-corrected chi connectivity index (χ3v) is 5.41. The normalized spacial score (nSPS) is 12.7. The number of carbonyl (C=O) groups excluding carboxylic acids is 1. The van der Waals surface area contributed by atoms with Gasteiger partial charge in [-0.2, -0.15) is 0 Å². The van der Waals surface area contributed by atoms with Crippen molar-refractivity contribution in [3.63, 3.8) is 0 Å². The molecule has 0 aliphatic carbocycles. The van der Waals surface area contributed by atoms with Crippen LogP contribution in [0.4, 0.5) is 5.69 Å². The summed E-state index contributed by atoms with van der Waals surface area (Å²) >= 11 is 4.91. The maximum Gasteiger partial charge on any atom is 0.266 e. The van der Waals surface area contributed by atoms with Crippen LogP contribution in [-0.2, 0) is 0 Å². The van der Waals surface area contributed by atoms with E-state index in [2.05, 4.69) is 21.2 Å². The fraction of sp³-hybridized carbons (Fsp3) is 0.105. The Bertz CT molecular complexity index is 924. The van der Waals surface area contributed by atoms with Crippen LogP contribution in [0.25, 0.3) is 11.1 Å². The van der Waals surface area contributed by atoms with Crippen LogP contribution >= 0.6 is 27.3 Å². The van der Waals surface area contributed by atoms with Crippen molar-refractivity contribution < 1.29 is 14.3 Å². The first-order valence-electron chi connectivity index (χ1n) is 7.76. The van der Waals surface area contributed by atoms with E-state index in [9.17, 15) is 4.79 Å². The highest BCUT2D eigenvalue weighted by molar-refractivity contribution is 9.10. The van der Waals surface area contributed by atoms with E-state index in [1.165, 1.54) is 11.3 Å². The van der Waals surface area contributed by atoms with E-state index in [1.807, 2.05) is 47.8 Å². The summed E-state index contributed by atoms with van der Waals surface area (Å²) in [6.07, 6.45) is 0. The van der Waals surface area contributed by atoms with Gasteiger partial charge in [-0.15, -0.1) is 11.3 Å². The predicted molar refractivity (Wildman–Crippen MR) is 103 cm³/mol. The van der Waals surface area contributed by atoms with E-state index in [1.54, 1.807) is 6.07 Å². The smallest absolute Gasteiger partial charge is 0.266 e. The molecule has 4 rings (SSSR count). The lowest BCUT2D eigenvalue weighted by atomic mass is 10.1. The minimum Gasteiger partial charge on any atom is -0.486 e. The Kier molecular flexibility index (Phi) is 4.46. The van der Waals surface area contributed by atoms with Gasteiger partial charge in [0.25, 0.3) is 5.91 Å². The van der Waals surface area contributed by atoms with Crippen molar-refractivity contribution in [2.75, 3.05) is 18.5 Å². The maximum atomic E-state index is 12.8. The topological polar surface area (TPSA) is 47.6 Å². The summed E-state index contributed by atoms with van der Waals surface area (Å²) in [5.74, 6) is 1.17. The molecule has 0 saturated heterocycles. The number of halogens is 1. The standard InChI is InChI=1S/C19H14BrNO3S/c20-14-10-16-17(24-8-7-23-16)11-15(14)21-19(22)18-13(6-9-25-18)12-4-2-1-3-5-12/h1-6,9-11H,7-8H2,(H,21,22). The molecule has 0 atom stereocenters.